The van der Waals surface area contributed by atoms with E-state index in [0.717, 1.165) is 21.3 Å². The molecule has 6 nitrogen and oxygen atoms in total. The first kappa shape index (κ1) is 16.4. The van der Waals surface area contributed by atoms with E-state index in [1.807, 2.05) is 42.5 Å². The lowest BCUT2D eigenvalue weighted by Gasteiger charge is -2.05. The minimum absolute atomic E-state index is 0.196. The Kier molecular flexibility index (Phi) is 4.22. The predicted molar refractivity (Wildman–Crippen MR) is 105 cm³/mol. The van der Waals surface area contributed by atoms with Crippen molar-refractivity contribution in [3.05, 3.63) is 80.9 Å². The number of halogens is 1. The van der Waals surface area contributed by atoms with Crippen molar-refractivity contribution < 1.29 is 0 Å². The molecule has 0 spiro atoms. The lowest BCUT2D eigenvalue weighted by Crippen LogP contribution is -2.20. The maximum atomic E-state index is 12.7. The summed E-state index contributed by atoms with van der Waals surface area (Å²) in [6.45, 7) is 1.76. The molecule has 2 aromatic heterocycles. The van der Waals surface area contributed by atoms with Gasteiger partial charge in [0.15, 0.2) is 0 Å². The quantitative estimate of drug-likeness (QED) is 0.525. The highest BCUT2D eigenvalue weighted by molar-refractivity contribution is 9.10. The molecule has 7 heteroatoms. The number of H-pyrrole nitrogens is 1. The Bertz CT molecular complexity index is 1170. The highest BCUT2D eigenvalue weighted by Gasteiger charge is 2.08. The lowest BCUT2D eigenvalue weighted by atomic mass is 10.1. The van der Waals surface area contributed by atoms with Crippen LogP contribution in [0.4, 0.5) is 0 Å². The number of para-hydroxylation sites is 1. The molecule has 0 aliphatic carbocycles. The molecule has 0 fully saturated rings. The van der Waals surface area contributed by atoms with Gasteiger partial charge in [-0.15, -0.1) is 0 Å². The Hall–Kier alpha value is -3.06. The zero-order valence-electron chi connectivity index (χ0n) is 13.8. The van der Waals surface area contributed by atoms with Crippen molar-refractivity contribution in [2.45, 2.75) is 6.92 Å². The van der Waals surface area contributed by atoms with Gasteiger partial charge in [-0.05, 0) is 31.2 Å². The van der Waals surface area contributed by atoms with Crippen LogP contribution < -0.4 is 5.56 Å². The fraction of sp³-hybridized carbons (Fsp3) is 0.0526. The Morgan fingerprint density at radius 3 is 2.73 bits per heavy atom. The van der Waals surface area contributed by atoms with Crippen molar-refractivity contribution in [1.29, 1.82) is 0 Å². The number of aryl methyl sites for hydroxylation is 1. The first-order valence-corrected chi connectivity index (χ1v) is 8.75. The molecule has 2 heterocycles. The van der Waals surface area contributed by atoms with E-state index < -0.39 is 0 Å². The minimum atomic E-state index is -0.196. The highest BCUT2D eigenvalue weighted by atomic mass is 79.9. The molecule has 0 aliphatic heterocycles. The van der Waals surface area contributed by atoms with Gasteiger partial charge in [0.1, 0.15) is 5.82 Å². The van der Waals surface area contributed by atoms with Gasteiger partial charge in [0.25, 0.3) is 5.56 Å². The Morgan fingerprint density at radius 1 is 1.15 bits per heavy atom. The molecule has 128 valence electrons. The zero-order chi connectivity index (χ0) is 18.1. The first-order chi connectivity index (χ1) is 12.6. The van der Waals surface area contributed by atoms with Crippen LogP contribution in [0.5, 0.6) is 0 Å². The van der Waals surface area contributed by atoms with E-state index in [1.165, 1.54) is 4.68 Å². The van der Waals surface area contributed by atoms with Crippen molar-refractivity contribution in [2.24, 2.45) is 5.10 Å². The topological polar surface area (TPSA) is 75.9 Å². The second-order valence-electron chi connectivity index (χ2n) is 5.74. The third-order valence-electron chi connectivity index (χ3n) is 4.03. The molecule has 4 rings (SSSR count). The average molecular weight is 408 g/mol. The molecule has 0 aliphatic rings. The summed E-state index contributed by atoms with van der Waals surface area (Å²) in [5, 5.41) is 12.0. The molecule has 1 N–H and O–H groups in total. The smallest absolute Gasteiger partial charge is 0.277 e. The normalized spacial score (nSPS) is 11.5. The molecule has 26 heavy (non-hydrogen) atoms. The van der Waals surface area contributed by atoms with E-state index in [2.05, 4.69) is 36.2 Å². The lowest BCUT2D eigenvalue weighted by molar-refractivity contribution is 0.771. The van der Waals surface area contributed by atoms with Gasteiger partial charge in [-0.1, -0.05) is 40.2 Å². The number of fused-ring (bicyclic) bond motifs is 1. The van der Waals surface area contributed by atoms with Crippen molar-refractivity contribution in [3.8, 4) is 11.3 Å². The van der Waals surface area contributed by atoms with Crippen LogP contribution in [0.25, 0.3) is 22.2 Å². The molecular formula is C19H14BrN5O. The molecule has 0 radical (unpaired) electrons. The maximum Gasteiger partial charge on any atom is 0.282 e. The summed E-state index contributed by atoms with van der Waals surface area (Å²) in [4.78, 5) is 17.1. The summed E-state index contributed by atoms with van der Waals surface area (Å²) in [5.41, 5.74) is 3.07. The first-order valence-electron chi connectivity index (χ1n) is 7.95. The number of hydrogen-bond acceptors (Lipinski definition) is 4. The monoisotopic (exact) mass is 407 g/mol. The van der Waals surface area contributed by atoms with Gasteiger partial charge in [0, 0.05) is 15.6 Å². The van der Waals surface area contributed by atoms with Gasteiger partial charge in [-0.25, -0.2) is 4.98 Å². The summed E-state index contributed by atoms with van der Waals surface area (Å²) in [6, 6.07) is 15.1. The van der Waals surface area contributed by atoms with Crippen molar-refractivity contribution in [1.82, 2.24) is 19.9 Å². The summed E-state index contributed by atoms with van der Waals surface area (Å²) < 4.78 is 2.31. The van der Waals surface area contributed by atoms with Crippen molar-refractivity contribution in [3.63, 3.8) is 0 Å². The second-order valence-corrected chi connectivity index (χ2v) is 6.66. The third kappa shape index (κ3) is 2.97. The number of benzene rings is 2. The van der Waals surface area contributed by atoms with E-state index in [1.54, 1.807) is 25.4 Å². The standard InChI is InChI=1S/C19H14BrN5O/c1-12-23-17-5-3-2-4-16(17)19(26)25(12)22-11-14-10-21-24-18(14)13-6-8-15(20)9-7-13/h2-11H,1H3,(H,21,24)/b22-11+. The van der Waals surface area contributed by atoms with Gasteiger partial charge in [-0.2, -0.15) is 14.9 Å². The van der Waals surface area contributed by atoms with Crippen LogP contribution in [0, 0.1) is 6.92 Å². The minimum Gasteiger partial charge on any atom is -0.277 e. The molecule has 0 amide bonds. The predicted octanol–water partition coefficient (Wildman–Crippen LogP) is 3.74. The van der Waals surface area contributed by atoms with Crippen molar-refractivity contribution >= 4 is 33.0 Å². The highest BCUT2D eigenvalue weighted by Crippen LogP contribution is 2.22. The van der Waals surface area contributed by atoms with Gasteiger partial charge in [0.05, 0.1) is 29.0 Å². The van der Waals surface area contributed by atoms with Crippen LogP contribution in [-0.4, -0.2) is 26.1 Å². The number of hydrogen-bond donors (Lipinski definition) is 1. The number of aromatic nitrogens is 4. The van der Waals surface area contributed by atoms with Crippen LogP contribution in [0.15, 0.2) is 69.1 Å². The van der Waals surface area contributed by atoms with E-state index in [4.69, 9.17) is 0 Å². The summed E-state index contributed by atoms with van der Waals surface area (Å²) >= 11 is 3.43. The van der Waals surface area contributed by atoms with Crippen LogP contribution in [0.3, 0.4) is 0 Å². The summed E-state index contributed by atoms with van der Waals surface area (Å²) in [6.07, 6.45) is 3.29. The average Bonchev–Trinajstić information content (AvgIpc) is 3.11. The second kappa shape index (κ2) is 6.68. The molecule has 0 atom stereocenters. The number of rotatable bonds is 3. The molecule has 0 unspecified atom stereocenters. The SMILES string of the molecule is Cc1nc2ccccc2c(=O)n1/N=C/c1cn[nH]c1-c1ccc(Br)cc1. The Labute approximate surface area is 157 Å². The van der Waals surface area contributed by atoms with Crippen LogP contribution in [-0.2, 0) is 0 Å². The van der Waals surface area contributed by atoms with E-state index in [9.17, 15) is 4.79 Å². The van der Waals surface area contributed by atoms with E-state index in [-0.39, 0.29) is 5.56 Å². The van der Waals surface area contributed by atoms with Gasteiger partial charge in [-0.3, -0.25) is 9.89 Å². The molecule has 2 aromatic carbocycles. The van der Waals surface area contributed by atoms with Gasteiger partial charge < -0.3 is 0 Å². The molecule has 4 aromatic rings. The fourth-order valence-corrected chi connectivity index (χ4v) is 3.00. The van der Waals surface area contributed by atoms with Crippen LogP contribution >= 0.6 is 15.9 Å². The van der Waals surface area contributed by atoms with Gasteiger partial charge >= 0.3 is 0 Å². The van der Waals surface area contributed by atoms with E-state index in [0.29, 0.717) is 16.7 Å². The largest absolute Gasteiger partial charge is 0.282 e. The Balaban J connectivity index is 1.76. The van der Waals surface area contributed by atoms with Gasteiger partial charge in [0.2, 0.25) is 0 Å². The zero-order valence-corrected chi connectivity index (χ0v) is 15.4. The molecular weight excluding hydrogens is 394 g/mol. The molecule has 0 saturated carbocycles. The molecule has 0 bridgehead atoms. The van der Waals surface area contributed by atoms with Crippen LogP contribution in [0.1, 0.15) is 11.4 Å². The molecule has 0 saturated heterocycles. The van der Waals surface area contributed by atoms with Crippen molar-refractivity contribution in [2.75, 3.05) is 0 Å². The summed E-state index contributed by atoms with van der Waals surface area (Å²) in [5.74, 6) is 0.527. The Morgan fingerprint density at radius 2 is 1.92 bits per heavy atom. The number of nitrogens with zero attached hydrogens (tertiary/aromatic N) is 4. The van der Waals surface area contributed by atoms with Crippen LogP contribution in [0.2, 0.25) is 0 Å². The number of aromatic amines is 1. The maximum absolute atomic E-state index is 12.7. The summed E-state index contributed by atoms with van der Waals surface area (Å²) in [7, 11) is 0. The van der Waals surface area contributed by atoms with E-state index >= 15 is 0 Å². The number of nitrogens with one attached hydrogen (secondary N) is 1. The fourth-order valence-electron chi connectivity index (χ4n) is 2.73. The third-order valence-corrected chi connectivity index (χ3v) is 4.56.